The third kappa shape index (κ3) is 6.55. The summed E-state index contributed by atoms with van der Waals surface area (Å²) in [5.74, 6) is -0.564. The van der Waals surface area contributed by atoms with E-state index in [1.807, 2.05) is 85.8 Å². The number of amides is 1. The second-order valence-electron chi connectivity index (χ2n) is 9.73. The number of hydrogen-bond donors (Lipinski definition) is 2. The molecule has 1 atom stereocenters. The summed E-state index contributed by atoms with van der Waals surface area (Å²) < 4.78 is 11.2. The zero-order chi connectivity index (χ0) is 27.9. The number of fused-ring (bicyclic) bond motifs is 3. The predicted octanol–water partition coefficient (Wildman–Crippen LogP) is 6.78. The number of rotatable bonds is 9. The van der Waals surface area contributed by atoms with E-state index in [0.717, 1.165) is 39.1 Å². The van der Waals surface area contributed by atoms with Crippen LogP contribution in [0.3, 0.4) is 0 Å². The third-order valence-corrected chi connectivity index (χ3v) is 7.27. The number of ether oxygens (including phenoxy) is 2. The normalized spacial score (nSPS) is 12.5. The Labute approximate surface area is 239 Å². The number of esters is 1. The molecule has 0 saturated heterocycles. The lowest BCUT2D eigenvalue weighted by molar-refractivity contribution is -0.145. The number of carbonyl (C=O) groups excluding carboxylic acids is 2. The third-order valence-electron chi connectivity index (χ3n) is 6.88. The Balaban J connectivity index is 1.25. The molecule has 1 aliphatic rings. The lowest BCUT2D eigenvalue weighted by atomic mass is 9.98. The monoisotopic (exact) mass is 550 g/mol. The van der Waals surface area contributed by atoms with Crippen molar-refractivity contribution in [3.63, 3.8) is 0 Å². The van der Waals surface area contributed by atoms with Crippen molar-refractivity contribution in [1.29, 1.82) is 0 Å². The van der Waals surface area contributed by atoms with Crippen LogP contribution >= 0.6 is 12.2 Å². The highest BCUT2D eigenvalue weighted by Gasteiger charge is 2.30. The zero-order valence-corrected chi connectivity index (χ0v) is 22.9. The van der Waals surface area contributed by atoms with E-state index in [4.69, 9.17) is 21.7 Å². The van der Waals surface area contributed by atoms with Crippen LogP contribution in [0, 0.1) is 6.92 Å². The van der Waals surface area contributed by atoms with Gasteiger partial charge in [0.2, 0.25) is 0 Å². The fourth-order valence-corrected chi connectivity index (χ4v) is 5.08. The van der Waals surface area contributed by atoms with Crippen LogP contribution in [0.5, 0.6) is 0 Å². The van der Waals surface area contributed by atoms with Crippen LogP contribution in [0.4, 0.5) is 10.5 Å². The summed E-state index contributed by atoms with van der Waals surface area (Å²) in [5.41, 5.74) is 7.27. The van der Waals surface area contributed by atoms with Crippen LogP contribution in [0.25, 0.3) is 11.1 Å². The van der Waals surface area contributed by atoms with Crippen molar-refractivity contribution in [3.8, 4) is 11.1 Å². The van der Waals surface area contributed by atoms with Crippen LogP contribution in [-0.2, 0) is 20.9 Å². The SMILES string of the molecule is Cc1ccc(NC(=S)[C@H](CC(=O)OCc2ccccc2)NC(=O)OCC2c3ccccc3-c3ccccc32)cc1. The molecule has 2 N–H and O–H groups in total. The molecule has 4 aromatic rings. The summed E-state index contributed by atoms with van der Waals surface area (Å²) in [7, 11) is 0. The van der Waals surface area contributed by atoms with E-state index in [0.29, 0.717) is 0 Å². The lowest BCUT2D eigenvalue weighted by Crippen LogP contribution is -2.45. The first-order chi connectivity index (χ1) is 19.5. The Morgan fingerprint density at radius 3 is 2.05 bits per heavy atom. The topological polar surface area (TPSA) is 76.7 Å². The summed E-state index contributed by atoms with van der Waals surface area (Å²) in [6.07, 6.45) is -0.801. The van der Waals surface area contributed by atoms with E-state index in [-0.39, 0.29) is 30.5 Å². The van der Waals surface area contributed by atoms with Crippen molar-refractivity contribution in [2.45, 2.75) is 31.9 Å². The van der Waals surface area contributed by atoms with Gasteiger partial charge in [0, 0.05) is 11.6 Å². The maximum Gasteiger partial charge on any atom is 0.407 e. The number of aryl methyl sites for hydroxylation is 1. The minimum atomic E-state index is -0.824. The summed E-state index contributed by atoms with van der Waals surface area (Å²) in [4.78, 5) is 26.1. The molecule has 1 aliphatic carbocycles. The highest BCUT2D eigenvalue weighted by atomic mass is 32.1. The van der Waals surface area contributed by atoms with Gasteiger partial charge in [-0.2, -0.15) is 0 Å². The van der Waals surface area contributed by atoms with E-state index in [2.05, 4.69) is 34.9 Å². The molecule has 0 saturated carbocycles. The number of carbonyl (C=O) groups is 2. The molecule has 0 radical (unpaired) electrons. The van der Waals surface area contributed by atoms with Crippen LogP contribution in [0.1, 0.15) is 34.6 Å². The molecule has 7 heteroatoms. The minimum Gasteiger partial charge on any atom is -0.461 e. The van der Waals surface area contributed by atoms with Crippen LogP contribution < -0.4 is 10.6 Å². The summed E-state index contributed by atoms with van der Waals surface area (Å²) in [6, 6.07) is 32.6. The van der Waals surface area contributed by atoms with Crippen LogP contribution in [0.2, 0.25) is 0 Å². The molecular formula is C33H30N2O4S. The molecule has 0 bridgehead atoms. The number of benzene rings is 4. The number of alkyl carbamates (subject to hydrolysis) is 1. The molecule has 202 valence electrons. The predicted molar refractivity (Wildman–Crippen MR) is 160 cm³/mol. The summed E-state index contributed by atoms with van der Waals surface area (Å²) in [5, 5.41) is 5.91. The van der Waals surface area contributed by atoms with Crippen molar-refractivity contribution in [1.82, 2.24) is 5.32 Å². The smallest absolute Gasteiger partial charge is 0.407 e. The molecule has 4 aromatic carbocycles. The van der Waals surface area contributed by atoms with Crippen molar-refractivity contribution >= 4 is 35.0 Å². The molecular weight excluding hydrogens is 520 g/mol. The van der Waals surface area contributed by atoms with Gasteiger partial charge in [0.1, 0.15) is 18.2 Å². The lowest BCUT2D eigenvalue weighted by Gasteiger charge is -2.21. The Morgan fingerprint density at radius 2 is 1.40 bits per heavy atom. The maximum atomic E-state index is 13.0. The van der Waals surface area contributed by atoms with Gasteiger partial charge >= 0.3 is 12.1 Å². The van der Waals surface area contributed by atoms with Gasteiger partial charge in [-0.1, -0.05) is 109 Å². The van der Waals surface area contributed by atoms with Crippen molar-refractivity contribution in [3.05, 3.63) is 125 Å². The fourth-order valence-electron chi connectivity index (χ4n) is 4.82. The van der Waals surface area contributed by atoms with Crippen molar-refractivity contribution < 1.29 is 19.1 Å². The molecule has 0 spiro atoms. The molecule has 0 unspecified atom stereocenters. The number of anilines is 1. The molecule has 0 fully saturated rings. The highest BCUT2D eigenvalue weighted by Crippen LogP contribution is 2.44. The van der Waals surface area contributed by atoms with Gasteiger partial charge in [0.05, 0.1) is 12.5 Å². The van der Waals surface area contributed by atoms with Gasteiger partial charge < -0.3 is 20.1 Å². The van der Waals surface area contributed by atoms with E-state index in [1.165, 1.54) is 0 Å². The number of thiocarbonyl (C=S) groups is 1. The Morgan fingerprint density at radius 1 is 0.800 bits per heavy atom. The Kier molecular flexibility index (Phi) is 8.52. The van der Waals surface area contributed by atoms with Crippen LogP contribution in [-0.4, -0.2) is 29.7 Å². The van der Waals surface area contributed by atoms with Gasteiger partial charge in [-0.05, 0) is 46.9 Å². The van der Waals surface area contributed by atoms with Gasteiger partial charge in [0.15, 0.2) is 0 Å². The quantitative estimate of drug-likeness (QED) is 0.177. The van der Waals surface area contributed by atoms with Crippen LogP contribution in [0.15, 0.2) is 103 Å². The average molecular weight is 551 g/mol. The fraction of sp³-hybridized carbons (Fsp3) is 0.182. The van der Waals surface area contributed by atoms with E-state index < -0.39 is 18.1 Å². The standard InChI is InChI=1S/C33H30N2O4S/c1-22-15-17-24(18-16-22)34-32(40)30(19-31(36)38-20-23-9-3-2-4-10-23)35-33(37)39-21-29-27-13-7-5-11-25(27)26-12-6-8-14-28(26)29/h2-18,29-30H,19-21H2,1H3,(H,34,40)(H,35,37)/t30-/m0/s1. The minimum absolute atomic E-state index is 0.0786. The van der Waals surface area contributed by atoms with E-state index >= 15 is 0 Å². The Hall–Kier alpha value is -4.49. The number of nitrogens with one attached hydrogen (secondary N) is 2. The first-order valence-electron chi connectivity index (χ1n) is 13.2. The molecule has 6 nitrogen and oxygen atoms in total. The van der Waals surface area contributed by atoms with Gasteiger partial charge in [-0.3, -0.25) is 4.79 Å². The highest BCUT2D eigenvalue weighted by molar-refractivity contribution is 7.80. The summed E-state index contributed by atoms with van der Waals surface area (Å²) >= 11 is 5.61. The average Bonchev–Trinajstić information content (AvgIpc) is 3.30. The second kappa shape index (κ2) is 12.6. The molecule has 0 heterocycles. The molecule has 5 rings (SSSR count). The first kappa shape index (κ1) is 27.1. The zero-order valence-electron chi connectivity index (χ0n) is 22.1. The maximum absolute atomic E-state index is 13.0. The van der Waals surface area contributed by atoms with Gasteiger partial charge in [-0.15, -0.1) is 0 Å². The van der Waals surface area contributed by atoms with E-state index in [1.54, 1.807) is 0 Å². The number of hydrogen-bond acceptors (Lipinski definition) is 5. The molecule has 1 amide bonds. The van der Waals surface area contributed by atoms with Gasteiger partial charge in [-0.25, -0.2) is 4.79 Å². The second-order valence-corrected chi connectivity index (χ2v) is 10.2. The molecule has 0 aliphatic heterocycles. The Bertz CT molecular complexity index is 1460. The largest absolute Gasteiger partial charge is 0.461 e. The first-order valence-corrected chi connectivity index (χ1v) is 13.6. The summed E-state index contributed by atoms with van der Waals surface area (Å²) in [6.45, 7) is 2.28. The molecule has 40 heavy (non-hydrogen) atoms. The van der Waals surface area contributed by atoms with Crippen molar-refractivity contribution in [2.75, 3.05) is 11.9 Å². The van der Waals surface area contributed by atoms with E-state index in [9.17, 15) is 9.59 Å². The molecule has 0 aromatic heterocycles. The van der Waals surface area contributed by atoms with Crippen molar-refractivity contribution in [2.24, 2.45) is 0 Å². The van der Waals surface area contributed by atoms with Gasteiger partial charge in [0.25, 0.3) is 0 Å².